The molecule has 1 amide bonds. The molecule has 1 fully saturated rings. The number of carbonyl (C=O) groups excluding carboxylic acids is 1. The molecule has 5 heteroatoms. The molecule has 1 aromatic carbocycles. The van der Waals surface area contributed by atoms with Crippen LogP contribution in [-0.4, -0.2) is 41.6 Å². The summed E-state index contributed by atoms with van der Waals surface area (Å²) < 4.78 is 11.3. The summed E-state index contributed by atoms with van der Waals surface area (Å²) in [5.74, 6) is 1.77. The number of piperidine rings is 1. The van der Waals surface area contributed by atoms with Crippen LogP contribution in [0.25, 0.3) is 0 Å². The number of benzene rings is 1. The van der Waals surface area contributed by atoms with Gasteiger partial charge in [-0.05, 0) is 32.3 Å². The first kappa shape index (κ1) is 17.7. The Hall–Kier alpha value is -2.14. The van der Waals surface area contributed by atoms with Crippen LogP contribution in [0, 0.1) is 0 Å². The van der Waals surface area contributed by atoms with Crippen molar-refractivity contribution in [3.63, 3.8) is 0 Å². The maximum atomic E-state index is 12.6. The van der Waals surface area contributed by atoms with Crippen molar-refractivity contribution in [3.05, 3.63) is 53.7 Å². The van der Waals surface area contributed by atoms with Gasteiger partial charge in [-0.25, -0.2) is 4.98 Å². The lowest BCUT2D eigenvalue weighted by molar-refractivity contribution is -0.152. The molecule has 1 unspecified atom stereocenters. The van der Waals surface area contributed by atoms with E-state index in [0.717, 1.165) is 37.5 Å². The number of oxazole rings is 1. The average Bonchev–Trinajstić information content (AvgIpc) is 3.10. The Morgan fingerprint density at radius 2 is 2.12 bits per heavy atom. The molecule has 134 valence electrons. The van der Waals surface area contributed by atoms with Crippen LogP contribution < -0.4 is 0 Å². The van der Waals surface area contributed by atoms with E-state index in [1.54, 1.807) is 7.11 Å². The fourth-order valence-electron chi connectivity index (χ4n) is 3.22. The second kappa shape index (κ2) is 7.40. The van der Waals surface area contributed by atoms with Gasteiger partial charge in [0.25, 0.3) is 5.91 Å². The molecule has 3 rings (SSSR count). The third-order valence-corrected chi connectivity index (χ3v) is 4.88. The lowest BCUT2D eigenvalue weighted by atomic mass is 9.96. The topological polar surface area (TPSA) is 55.6 Å². The number of rotatable bonds is 5. The highest BCUT2D eigenvalue weighted by molar-refractivity contribution is 5.84. The van der Waals surface area contributed by atoms with E-state index < -0.39 is 5.60 Å². The normalized spacial score (nSPS) is 18.4. The van der Waals surface area contributed by atoms with Crippen LogP contribution in [0.15, 0.2) is 40.9 Å². The van der Waals surface area contributed by atoms with Gasteiger partial charge in [-0.1, -0.05) is 30.3 Å². The van der Waals surface area contributed by atoms with E-state index in [1.165, 1.54) is 5.56 Å². The third kappa shape index (κ3) is 4.10. The van der Waals surface area contributed by atoms with Gasteiger partial charge in [0, 0.05) is 26.6 Å². The number of ether oxygens (including phenoxy) is 1. The minimum atomic E-state index is -0.795. The van der Waals surface area contributed by atoms with Gasteiger partial charge in [0.15, 0.2) is 5.89 Å². The van der Waals surface area contributed by atoms with E-state index in [-0.39, 0.29) is 11.8 Å². The van der Waals surface area contributed by atoms with E-state index >= 15 is 0 Å². The van der Waals surface area contributed by atoms with Crippen LogP contribution in [0.5, 0.6) is 0 Å². The van der Waals surface area contributed by atoms with Gasteiger partial charge in [0.1, 0.15) is 11.4 Å². The van der Waals surface area contributed by atoms with Crippen molar-refractivity contribution < 1.29 is 13.9 Å². The van der Waals surface area contributed by atoms with E-state index in [2.05, 4.69) is 17.1 Å². The Morgan fingerprint density at radius 1 is 1.36 bits per heavy atom. The zero-order valence-electron chi connectivity index (χ0n) is 15.2. The standard InChI is InChI=1S/C20H26N2O3/c1-20(2,24-3)19(23)22-11-7-10-16(14-22)18-21-13-17(25-18)12-15-8-5-4-6-9-15/h4-6,8-9,13,16H,7,10-12,14H2,1-3H3. The highest BCUT2D eigenvalue weighted by Gasteiger charge is 2.35. The first-order valence-electron chi connectivity index (χ1n) is 8.82. The maximum absolute atomic E-state index is 12.6. The molecular weight excluding hydrogens is 316 g/mol. The second-order valence-corrected chi connectivity index (χ2v) is 7.13. The van der Waals surface area contributed by atoms with Gasteiger partial charge in [-0.15, -0.1) is 0 Å². The van der Waals surface area contributed by atoms with Gasteiger partial charge in [-0.2, -0.15) is 0 Å². The summed E-state index contributed by atoms with van der Waals surface area (Å²) in [7, 11) is 1.57. The zero-order chi connectivity index (χ0) is 17.9. The van der Waals surface area contributed by atoms with Gasteiger partial charge in [-0.3, -0.25) is 4.79 Å². The first-order chi connectivity index (χ1) is 12.0. The molecule has 1 aliphatic rings. The second-order valence-electron chi connectivity index (χ2n) is 7.13. The average molecular weight is 342 g/mol. The molecular formula is C20H26N2O3. The molecule has 0 N–H and O–H groups in total. The van der Waals surface area contributed by atoms with Gasteiger partial charge < -0.3 is 14.1 Å². The minimum absolute atomic E-state index is 0.0239. The number of hydrogen-bond donors (Lipinski definition) is 0. The Bertz CT molecular complexity index is 709. The smallest absolute Gasteiger partial charge is 0.254 e. The van der Waals surface area contributed by atoms with E-state index in [0.29, 0.717) is 6.54 Å². The summed E-state index contributed by atoms with van der Waals surface area (Å²) >= 11 is 0. The Labute approximate surface area is 149 Å². The maximum Gasteiger partial charge on any atom is 0.254 e. The molecule has 5 nitrogen and oxygen atoms in total. The van der Waals surface area contributed by atoms with Gasteiger partial charge >= 0.3 is 0 Å². The molecule has 0 saturated carbocycles. The van der Waals surface area contributed by atoms with Crippen LogP contribution in [-0.2, 0) is 16.0 Å². The minimum Gasteiger partial charge on any atom is -0.445 e. The predicted molar refractivity (Wildman–Crippen MR) is 95.4 cm³/mol. The number of nitrogens with zero attached hydrogens (tertiary/aromatic N) is 2. The number of aromatic nitrogens is 1. The molecule has 0 radical (unpaired) electrons. The van der Waals surface area contributed by atoms with Crippen molar-refractivity contribution in [2.45, 2.75) is 44.6 Å². The summed E-state index contributed by atoms with van der Waals surface area (Å²) in [5.41, 5.74) is 0.407. The molecule has 2 aromatic rings. The molecule has 0 bridgehead atoms. The Kier molecular flexibility index (Phi) is 5.23. The van der Waals surface area contributed by atoms with E-state index in [9.17, 15) is 4.79 Å². The highest BCUT2D eigenvalue weighted by atomic mass is 16.5. The molecule has 1 atom stereocenters. The zero-order valence-corrected chi connectivity index (χ0v) is 15.2. The third-order valence-electron chi connectivity index (χ3n) is 4.88. The predicted octanol–water partition coefficient (Wildman–Crippen LogP) is 3.40. The molecule has 0 spiro atoms. The van der Waals surface area contributed by atoms with Crippen LogP contribution in [0.1, 0.15) is 49.8 Å². The van der Waals surface area contributed by atoms with Crippen molar-refractivity contribution in [3.8, 4) is 0 Å². The van der Waals surface area contributed by atoms with Gasteiger partial charge in [0.05, 0.1) is 12.1 Å². The first-order valence-corrected chi connectivity index (χ1v) is 8.82. The number of amides is 1. The molecule has 2 heterocycles. The van der Waals surface area contributed by atoms with Crippen LogP contribution in [0.4, 0.5) is 0 Å². The molecule has 1 aromatic heterocycles. The lowest BCUT2D eigenvalue weighted by Crippen LogP contribution is -2.49. The summed E-state index contributed by atoms with van der Waals surface area (Å²) in [5, 5.41) is 0. The van der Waals surface area contributed by atoms with Crippen molar-refractivity contribution in [1.82, 2.24) is 9.88 Å². The lowest BCUT2D eigenvalue weighted by Gasteiger charge is -2.36. The molecule has 0 aliphatic carbocycles. The summed E-state index contributed by atoms with van der Waals surface area (Å²) in [6, 6.07) is 10.2. The van der Waals surface area contributed by atoms with Crippen LogP contribution >= 0.6 is 0 Å². The summed E-state index contributed by atoms with van der Waals surface area (Å²) in [6.07, 6.45) is 4.48. The number of hydrogen-bond acceptors (Lipinski definition) is 4. The van der Waals surface area contributed by atoms with Crippen molar-refractivity contribution in [2.24, 2.45) is 0 Å². The molecule has 1 aliphatic heterocycles. The number of methoxy groups -OCH3 is 1. The summed E-state index contributed by atoms with van der Waals surface area (Å²) in [6.45, 7) is 5.01. The van der Waals surface area contributed by atoms with E-state index in [4.69, 9.17) is 9.15 Å². The summed E-state index contributed by atoms with van der Waals surface area (Å²) in [4.78, 5) is 19.0. The fourth-order valence-corrected chi connectivity index (χ4v) is 3.22. The Balaban J connectivity index is 1.67. The largest absolute Gasteiger partial charge is 0.445 e. The number of likely N-dealkylation sites (tertiary alicyclic amines) is 1. The van der Waals surface area contributed by atoms with Crippen molar-refractivity contribution in [1.29, 1.82) is 0 Å². The van der Waals surface area contributed by atoms with Crippen molar-refractivity contribution in [2.75, 3.05) is 20.2 Å². The Morgan fingerprint density at radius 3 is 2.84 bits per heavy atom. The quantitative estimate of drug-likeness (QED) is 0.836. The van der Waals surface area contributed by atoms with Gasteiger partial charge in [0.2, 0.25) is 0 Å². The fraction of sp³-hybridized carbons (Fsp3) is 0.500. The SMILES string of the molecule is COC(C)(C)C(=O)N1CCCC(c2ncc(Cc3ccccc3)o2)C1. The van der Waals surface area contributed by atoms with Crippen molar-refractivity contribution >= 4 is 5.91 Å². The van der Waals surface area contributed by atoms with Crippen LogP contribution in [0.3, 0.4) is 0 Å². The van der Waals surface area contributed by atoms with E-state index in [1.807, 2.05) is 43.1 Å². The number of carbonyl (C=O) groups is 1. The molecule has 1 saturated heterocycles. The molecule has 25 heavy (non-hydrogen) atoms. The highest BCUT2D eigenvalue weighted by Crippen LogP contribution is 2.28. The monoisotopic (exact) mass is 342 g/mol. The van der Waals surface area contributed by atoms with Crippen LogP contribution in [0.2, 0.25) is 0 Å².